The Morgan fingerprint density at radius 2 is 2.25 bits per heavy atom. The van der Waals surface area contributed by atoms with Gasteiger partial charge in [-0.3, -0.25) is 4.79 Å². The van der Waals surface area contributed by atoms with Gasteiger partial charge >= 0.3 is 5.91 Å². The number of rotatable bonds is 3. The molecule has 0 radical (unpaired) electrons. The predicted octanol–water partition coefficient (Wildman–Crippen LogP) is 1.20. The molecule has 20 heavy (non-hydrogen) atoms. The number of nitrogen functional groups attached to an aromatic ring is 1. The van der Waals surface area contributed by atoms with Gasteiger partial charge in [-0.1, -0.05) is 0 Å². The summed E-state index contributed by atoms with van der Waals surface area (Å²) < 4.78 is 13.2. The second-order valence-corrected chi connectivity index (χ2v) is 4.00. The number of aryl methyl sites for hydroxylation is 1. The molecule has 0 aliphatic carbocycles. The fourth-order valence-corrected chi connectivity index (χ4v) is 1.52. The number of carbonyl (C=O) groups is 1. The number of hydrogen-bond acceptors (Lipinski definition) is 5. The average Bonchev–Trinajstić information content (AvgIpc) is 2.85. The molecule has 2 rings (SSSR count). The van der Waals surface area contributed by atoms with E-state index in [9.17, 15) is 19.3 Å². The molecule has 1 aromatic carbocycles. The number of nitro groups is 1. The van der Waals surface area contributed by atoms with E-state index in [4.69, 9.17) is 5.73 Å². The van der Waals surface area contributed by atoms with Gasteiger partial charge in [0.15, 0.2) is 0 Å². The Hall–Kier alpha value is -2.97. The van der Waals surface area contributed by atoms with E-state index in [2.05, 4.69) is 10.4 Å². The first kappa shape index (κ1) is 13.5. The van der Waals surface area contributed by atoms with Crippen molar-refractivity contribution in [1.82, 2.24) is 9.89 Å². The molecule has 104 valence electrons. The third-order valence-electron chi connectivity index (χ3n) is 2.55. The summed E-state index contributed by atoms with van der Waals surface area (Å²) in [5, 5.41) is 15.5. The van der Waals surface area contributed by atoms with E-state index in [1.807, 2.05) is 0 Å². The smallest absolute Gasteiger partial charge is 0.302 e. The number of amides is 1. The maximum atomic E-state index is 13.2. The van der Waals surface area contributed by atoms with E-state index >= 15 is 0 Å². The Bertz CT molecular complexity index is 697. The minimum absolute atomic E-state index is 0.0511. The number of aromatic nitrogens is 2. The lowest BCUT2D eigenvalue weighted by molar-refractivity contribution is -0.552. The van der Waals surface area contributed by atoms with Crippen LogP contribution in [0.3, 0.4) is 0 Å². The van der Waals surface area contributed by atoms with Gasteiger partial charge in [0.05, 0.1) is 21.5 Å². The van der Waals surface area contributed by atoms with Gasteiger partial charge in [0, 0.05) is 10.9 Å². The van der Waals surface area contributed by atoms with E-state index in [0.717, 1.165) is 12.3 Å². The number of hydrogen-bond donors (Lipinski definition) is 2. The third-order valence-corrected chi connectivity index (χ3v) is 2.55. The van der Waals surface area contributed by atoms with Gasteiger partial charge < -0.3 is 21.2 Å². The van der Waals surface area contributed by atoms with E-state index in [0.29, 0.717) is 10.4 Å². The quantitative estimate of drug-likeness (QED) is 0.497. The van der Waals surface area contributed by atoms with Crippen molar-refractivity contribution >= 4 is 17.3 Å². The molecule has 0 fully saturated rings. The molecule has 1 amide bonds. The van der Waals surface area contributed by atoms with Gasteiger partial charge in [-0.05, 0) is 24.6 Å². The first-order valence-electron chi connectivity index (χ1n) is 5.46. The Morgan fingerprint density at radius 1 is 1.55 bits per heavy atom. The maximum absolute atomic E-state index is 13.2. The van der Waals surface area contributed by atoms with Crippen LogP contribution in [0, 0.1) is 22.9 Å². The van der Waals surface area contributed by atoms with Crippen LogP contribution in [0.25, 0.3) is 0 Å². The van der Waals surface area contributed by atoms with E-state index in [1.165, 1.54) is 19.1 Å². The molecule has 1 heterocycles. The van der Waals surface area contributed by atoms with Crippen molar-refractivity contribution in [2.24, 2.45) is 0 Å². The zero-order chi connectivity index (χ0) is 14.9. The van der Waals surface area contributed by atoms with Crippen LogP contribution in [0.5, 0.6) is 0 Å². The molecule has 0 unspecified atom stereocenters. The van der Waals surface area contributed by atoms with Crippen molar-refractivity contribution < 1.29 is 14.2 Å². The number of anilines is 2. The van der Waals surface area contributed by atoms with Crippen LogP contribution < -0.4 is 11.1 Å². The fraction of sp³-hybridized carbons (Fsp3) is 0.0909. The molecular formula is C11H10FN5O3. The van der Waals surface area contributed by atoms with Gasteiger partial charge in [0.1, 0.15) is 12.0 Å². The minimum atomic E-state index is -0.785. The molecule has 0 atom stereocenters. The van der Waals surface area contributed by atoms with E-state index < -0.39 is 16.8 Å². The molecule has 0 saturated heterocycles. The molecule has 8 nitrogen and oxygen atoms in total. The van der Waals surface area contributed by atoms with Crippen molar-refractivity contribution in [3.8, 4) is 0 Å². The molecule has 1 aromatic heterocycles. The van der Waals surface area contributed by atoms with Gasteiger partial charge in [0.2, 0.25) is 0 Å². The maximum Gasteiger partial charge on any atom is 0.302 e. The highest BCUT2D eigenvalue weighted by Crippen LogP contribution is 2.22. The van der Waals surface area contributed by atoms with Crippen molar-refractivity contribution in [2.75, 3.05) is 11.1 Å². The van der Waals surface area contributed by atoms with Crippen molar-refractivity contribution in [2.45, 2.75) is 6.92 Å². The molecule has 2 aromatic rings. The summed E-state index contributed by atoms with van der Waals surface area (Å²) in [5.41, 5.74) is 6.01. The van der Waals surface area contributed by atoms with Gasteiger partial charge in [0.25, 0.3) is 5.69 Å². The first-order chi connectivity index (χ1) is 9.38. The summed E-state index contributed by atoms with van der Waals surface area (Å²) in [7, 11) is 0. The average molecular weight is 279 g/mol. The van der Waals surface area contributed by atoms with Crippen molar-refractivity contribution in [3.05, 3.63) is 51.6 Å². The van der Waals surface area contributed by atoms with Crippen LogP contribution >= 0.6 is 0 Å². The lowest BCUT2D eigenvalue weighted by Crippen LogP contribution is -2.16. The molecule has 9 heteroatoms. The lowest BCUT2D eigenvalue weighted by Gasteiger charge is -2.07. The van der Waals surface area contributed by atoms with E-state index in [-0.39, 0.29) is 17.1 Å². The zero-order valence-corrected chi connectivity index (χ0v) is 10.3. The van der Waals surface area contributed by atoms with Crippen LogP contribution in [0.1, 0.15) is 16.1 Å². The van der Waals surface area contributed by atoms with Crippen LogP contribution in [-0.4, -0.2) is 20.8 Å². The summed E-state index contributed by atoms with van der Waals surface area (Å²) in [4.78, 5) is 22.7. The second-order valence-electron chi connectivity index (χ2n) is 4.00. The van der Waals surface area contributed by atoms with Crippen molar-refractivity contribution in [3.63, 3.8) is 0 Å². The third kappa shape index (κ3) is 2.55. The Balaban J connectivity index is 2.23. The summed E-state index contributed by atoms with van der Waals surface area (Å²) in [5.74, 6) is -1.17. The van der Waals surface area contributed by atoms with Gasteiger partial charge in [-0.2, -0.15) is 0 Å². The molecule has 0 aliphatic rings. The van der Waals surface area contributed by atoms with Gasteiger partial charge in [-0.25, -0.2) is 4.39 Å². The highest BCUT2D eigenvalue weighted by molar-refractivity contribution is 6.04. The fourth-order valence-electron chi connectivity index (χ4n) is 1.52. The summed E-state index contributed by atoms with van der Waals surface area (Å²) in [6.07, 6.45) is 1.04. The number of halogens is 1. The zero-order valence-electron chi connectivity index (χ0n) is 10.3. The largest absolute Gasteiger partial charge is 0.397 e. The number of nitrogens with two attached hydrogens (primary N) is 1. The van der Waals surface area contributed by atoms with Crippen LogP contribution in [-0.2, 0) is 0 Å². The van der Waals surface area contributed by atoms with Crippen molar-refractivity contribution in [1.29, 1.82) is 0 Å². The molecule has 0 aliphatic heterocycles. The normalized spacial score (nSPS) is 10.3. The molecule has 3 N–H and O–H groups in total. The highest BCUT2D eigenvalue weighted by Gasteiger charge is 2.18. The standard InChI is InChI=1S/C11H10FN5O3/c1-6-4-10(8(13)5-7(6)12)14-11(18)9-2-3-16(15-9)17(19)20/h2-5H,13H2,1H3,(H,14,18). The number of nitrogens with one attached hydrogen (secondary N) is 1. The highest BCUT2D eigenvalue weighted by atomic mass is 19.1. The molecular weight excluding hydrogens is 269 g/mol. The summed E-state index contributed by atoms with van der Waals surface area (Å²) in [6.45, 7) is 1.52. The van der Waals surface area contributed by atoms with Crippen LogP contribution in [0.15, 0.2) is 24.4 Å². The van der Waals surface area contributed by atoms with E-state index in [1.54, 1.807) is 0 Å². The monoisotopic (exact) mass is 279 g/mol. The topological polar surface area (TPSA) is 116 Å². The predicted molar refractivity (Wildman–Crippen MR) is 68.1 cm³/mol. The Morgan fingerprint density at radius 3 is 2.85 bits per heavy atom. The Kier molecular flexibility index (Phi) is 3.34. The van der Waals surface area contributed by atoms with Crippen LogP contribution in [0.4, 0.5) is 15.8 Å². The minimum Gasteiger partial charge on any atom is -0.397 e. The molecule has 0 spiro atoms. The Labute approximate surface area is 112 Å². The number of benzene rings is 1. The van der Waals surface area contributed by atoms with Gasteiger partial charge in [-0.15, -0.1) is 0 Å². The number of nitrogens with zero attached hydrogens (tertiary/aromatic N) is 3. The molecule has 0 bridgehead atoms. The molecule has 0 saturated carbocycles. The first-order valence-corrected chi connectivity index (χ1v) is 5.46. The van der Waals surface area contributed by atoms with Crippen LogP contribution in [0.2, 0.25) is 0 Å². The number of carbonyl (C=O) groups excluding carboxylic acids is 1. The second kappa shape index (κ2) is 4.96. The summed E-state index contributed by atoms with van der Waals surface area (Å²) in [6, 6.07) is 3.64. The SMILES string of the molecule is Cc1cc(NC(=O)c2ccn([N+](=O)[O-])n2)c(N)cc1F. The lowest BCUT2D eigenvalue weighted by atomic mass is 10.2. The summed E-state index contributed by atoms with van der Waals surface area (Å²) >= 11 is 0.